The summed E-state index contributed by atoms with van der Waals surface area (Å²) in [5.74, 6) is -0.299. The van der Waals surface area contributed by atoms with Crippen molar-refractivity contribution in [2.45, 2.75) is 70.9 Å². The molecule has 1 saturated carbocycles. The fourth-order valence-corrected chi connectivity index (χ4v) is 4.38. The van der Waals surface area contributed by atoms with Crippen molar-refractivity contribution in [1.29, 1.82) is 0 Å². The fraction of sp³-hybridized carbons (Fsp3) is 0.458. The number of aryl methyl sites for hydroxylation is 1. The maximum absolute atomic E-state index is 13.2. The minimum atomic E-state index is -0.379. The number of carbonyl (C=O) groups is 1. The molecular formula is C24H29ClN4O2. The molecule has 164 valence electrons. The van der Waals surface area contributed by atoms with E-state index in [9.17, 15) is 9.59 Å². The van der Waals surface area contributed by atoms with E-state index < -0.39 is 0 Å². The molecule has 1 aliphatic carbocycles. The van der Waals surface area contributed by atoms with Crippen LogP contribution in [0.3, 0.4) is 0 Å². The molecule has 1 aliphatic rings. The van der Waals surface area contributed by atoms with E-state index in [0.717, 1.165) is 57.1 Å². The van der Waals surface area contributed by atoms with Gasteiger partial charge in [-0.15, -0.1) is 0 Å². The summed E-state index contributed by atoms with van der Waals surface area (Å²) in [7, 11) is 0. The first-order chi connectivity index (χ1) is 15.1. The van der Waals surface area contributed by atoms with E-state index in [2.05, 4.69) is 17.3 Å². The first-order valence-electron chi connectivity index (χ1n) is 11.3. The minimum absolute atomic E-state index is 0.145. The zero-order valence-corrected chi connectivity index (χ0v) is 18.7. The maximum atomic E-state index is 13.2. The predicted octanol–water partition coefficient (Wildman–Crippen LogP) is 5.07. The van der Waals surface area contributed by atoms with E-state index >= 15 is 0 Å². The van der Waals surface area contributed by atoms with Gasteiger partial charge < -0.3 is 9.88 Å². The molecule has 2 aromatic heterocycles. The third-order valence-electron chi connectivity index (χ3n) is 6.02. The second-order valence-corrected chi connectivity index (χ2v) is 8.80. The molecule has 7 heteroatoms. The molecule has 1 fully saturated rings. The van der Waals surface area contributed by atoms with Gasteiger partial charge in [-0.3, -0.25) is 9.59 Å². The van der Waals surface area contributed by atoms with Crippen LogP contribution < -0.4 is 10.9 Å². The summed E-state index contributed by atoms with van der Waals surface area (Å²) in [6.45, 7) is 2.88. The Balaban J connectivity index is 1.73. The number of nitrogens with one attached hydrogen (secondary N) is 1. The number of benzene rings is 1. The summed E-state index contributed by atoms with van der Waals surface area (Å²) in [6, 6.07) is 9.42. The van der Waals surface area contributed by atoms with E-state index in [4.69, 9.17) is 11.6 Å². The number of hydrogen-bond acceptors (Lipinski definition) is 3. The maximum Gasteiger partial charge on any atom is 0.287 e. The van der Waals surface area contributed by atoms with Crippen LogP contribution in [0.5, 0.6) is 0 Å². The summed E-state index contributed by atoms with van der Waals surface area (Å²) in [6.07, 6.45) is 10.3. The summed E-state index contributed by atoms with van der Waals surface area (Å²) in [5.41, 5.74) is 2.03. The molecular weight excluding hydrogens is 412 g/mol. The van der Waals surface area contributed by atoms with Gasteiger partial charge in [-0.25, -0.2) is 0 Å². The van der Waals surface area contributed by atoms with Crippen molar-refractivity contribution in [3.8, 4) is 11.3 Å². The lowest BCUT2D eigenvalue weighted by Gasteiger charge is -2.22. The van der Waals surface area contributed by atoms with Crippen LogP contribution in [0.4, 0.5) is 0 Å². The van der Waals surface area contributed by atoms with Crippen LogP contribution in [-0.4, -0.2) is 26.1 Å². The van der Waals surface area contributed by atoms with E-state index in [1.165, 1.54) is 10.9 Å². The molecule has 2 heterocycles. The Morgan fingerprint density at radius 3 is 2.61 bits per heavy atom. The second-order valence-electron chi connectivity index (χ2n) is 8.36. The highest BCUT2D eigenvalue weighted by Gasteiger charge is 2.21. The lowest BCUT2D eigenvalue weighted by molar-refractivity contribution is 0.0925. The molecule has 0 radical (unpaired) electrons. The van der Waals surface area contributed by atoms with Gasteiger partial charge >= 0.3 is 0 Å². The molecule has 3 aromatic rings. The first kappa shape index (κ1) is 21.6. The van der Waals surface area contributed by atoms with Gasteiger partial charge in [0.05, 0.1) is 5.69 Å². The topological polar surface area (TPSA) is 68.4 Å². The number of carbonyl (C=O) groups excluding carboxylic acids is 1. The summed E-state index contributed by atoms with van der Waals surface area (Å²) in [4.78, 5) is 26.2. The number of rotatable bonds is 7. The van der Waals surface area contributed by atoms with Gasteiger partial charge in [0.25, 0.3) is 11.5 Å². The molecule has 0 unspecified atom stereocenters. The molecule has 6 nitrogen and oxygen atoms in total. The normalized spacial score (nSPS) is 14.8. The smallest absolute Gasteiger partial charge is 0.287 e. The van der Waals surface area contributed by atoms with Gasteiger partial charge in [-0.05, 0) is 31.4 Å². The lowest BCUT2D eigenvalue weighted by Crippen LogP contribution is -2.40. The van der Waals surface area contributed by atoms with Gasteiger partial charge in [0.15, 0.2) is 0 Å². The Morgan fingerprint density at radius 1 is 1.16 bits per heavy atom. The van der Waals surface area contributed by atoms with Crippen molar-refractivity contribution >= 4 is 23.2 Å². The highest BCUT2D eigenvalue weighted by molar-refractivity contribution is 6.30. The lowest BCUT2D eigenvalue weighted by atomic mass is 9.95. The van der Waals surface area contributed by atoms with Crippen LogP contribution in [0.1, 0.15) is 68.6 Å². The Kier molecular flexibility index (Phi) is 6.76. The quantitative estimate of drug-likeness (QED) is 0.521. The third-order valence-corrected chi connectivity index (χ3v) is 6.27. The largest absolute Gasteiger partial charge is 0.349 e. The molecule has 1 amide bonds. The minimum Gasteiger partial charge on any atom is -0.349 e. The average molecular weight is 441 g/mol. The monoisotopic (exact) mass is 440 g/mol. The zero-order valence-electron chi connectivity index (χ0n) is 17.9. The van der Waals surface area contributed by atoms with Crippen molar-refractivity contribution in [2.75, 3.05) is 0 Å². The number of nitrogens with zero attached hydrogens (tertiary/aromatic N) is 3. The van der Waals surface area contributed by atoms with Crippen LogP contribution in [-0.2, 0) is 6.54 Å². The fourth-order valence-electron chi connectivity index (χ4n) is 4.26. The molecule has 1 aromatic carbocycles. The van der Waals surface area contributed by atoms with Crippen LogP contribution in [0.25, 0.3) is 16.9 Å². The molecule has 0 saturated heterocycles. The SMILES string of the molecule is CCCCCn1cc(C(=O)NC2CCCCC2)c(=O)n2nc(-c3ccc(Cl)cc3)cc12. The predicted molar refractivity (Wildman–Crippen MR) is 124 cm³/mol. The number of amides is 1. The number of unbranched alkanes of at least 4 members (excludes halogenated alkanes) is 2. The first-order valence-corrected chi connectivity index (χ1v) is 11.6. The summed E-state index contributed by atoms with van der Waals surface area (Å²) in [5, 5.41) is 8.27. The standard InChI is InChI=1S/C24H29ClN4O2/c1-2-3-7-14-28-16-20(23(30)26-19-8-5-4-6-9-19)24(31)29-22(28)15-21(27-29)17-10-12-18(25)13-11-17/h10-13,15-16,19H,2-9,14H2,1H3,(H,26,30). The van der Waals surface area contributed by atoms with Gasteiger partial charge in [-0.1, -0.05) is 62.8 Å². The summed E-state index contributed by atoms with van der Waals surface area (Å²) < 4.78 is 3.35. The Hall–Kier alpha value is -2.60. The Bertz CT molecular complexity index is 1110. The van der Waals surface area contributed by atoms with Crippen molar-refractivity contribution < 1.29 is 4.79 Å². The van der Waals surface area contributed by atoms with Crippen LogP contribution >= 0.6 is 11.6 Å². The molecule has 0 aliphatic heterocycles. The number of hydrogen-bond donors (Lipinski definition) is 1. The van der Waals surface area contributed by atoms with E-state index in [1.54, 1.807) is 18.3 Å². The molecule has 4 rings (SSSR count). The van der Waals surface area contributed by atoms with Crippen molar-refractivity contribution in [3.63, 3.8) is 0 Å². The number of halogens is 1. The second kappa shape index (κ2) is 9.69. The van der Waals surface area contributed by atoms with E-state index in [1.807, 2.05) is 22.8 Å². The van der Waals surface area contributed by atoms with Gasteiger partial charge in [0.1, 0.15) is 11.2 Å². The number of aromatic nitrogens is 3. The van der Waals surface area contributed by atoms with Crippen molar-refractivity contribution in [3.05, 3.63) is 57.5 Å². The number of fused-ring (bicyclic) bond motifs is 1. The van der Waals surface area contributed by atoms with E-state index in [0.29, 0.717) is 16.4 Å². The molecule has 0 bridgehead atoms. The molecule has 0 spiro atoms. The van der Waals surface area contributed by atoms with E-state index in [-0.39, 0.29) is 23.1 Å². The average Bonchev–Trinajstić information content (AvgIpc) is 3.23. The Morgan fingerprint density at radius 2 is 1.90 bits per heavy atom. The highest BCUT2D eigenvalue weighted by Crippen LogP contribution is 2.22. The van der Waals surface area contributed by atoms with Crippen molar-refractivity contribution in [1.82, 2.24) is 19.5 Å². The van der Waals surface area contributed by atoms with Gasteiger partial charge in [0.2, 0.25) is 0 Å². The molecule has 1 N–H and O–H groups in total. The van der Waals surface area contributed by atoms with Crippen LogP contribution in [0.2, 0.25) is 5.02 Å². The molecule has 0 atom stereocenters. The van der Waals surface area contributed by atoms with Gasteiger partial charge in [0, 0.05) is 35.4 Å². The molecule has 31 heavy (non-hydrogen) atoms. The Labute approximate surface area is 187 Å². The zero-order chi connectivity index (χ0) is 21.8. The van der Waals surface area contributed by atoms with Crippen molar-refractivity contribution in [2.24, 2.45) is 0 Å². The summed E-state index contributed by atoms with van der Waals surface area (Å²) >= 11 is 6.01. The third kappa shape index (κ3) is 4.85. The highest BCUT2D eigenvalue weighted by atomic mass is 35.5. The van der Waals surface area contributed by atoms with Crippen LogP contribution in [0.15, 0.2) is 41.3 Å². The van der Waals surface area contributed by atoms with Gasteiger partial charge in [-0.2, -0.15) is 9.61 Å². The van der Waals surface area contributed by atoms with Crippen LogP contribution in [0, 0.1) is 0 Å².